The molecule has 0 aliphatic rings. The number of carboxylic acids is 1. The van der Waals surface area contributed by atoms with E-state index >= 15 is 0 Å². The van der Waals surface area contributed by atoms with E-state index in [0.29, 0.717) is 16.6 Å². The number of hydrogen-bond donors (Lipinski definition) is 1. The van der Waals surface area contributed by atoms with Crippen molar-refractivity contribution in [2.45, 2.75) is 4.90 Å². The van der Waals surface area contributed by atoms with Crippen molar-refractivity contribution in [2.75, 3.05) is 6.26 Å². The Morgan fingerprint density at radius 2 is 2.10 bits per heavy atom. The zero-order valence-electron chi connectivity index (χ0n) is 11.3. The molecule has 0 saturated carbocycles. The summed E-state index contributed by atoms with van der Waals surface area (Å²) in [6, 6.07) is 10.9. The minimum Gasteiger partial charge on any atom is -0.478 e. The molecule has 0 unspecified atom stereocenters. The SMILES string of the molecule is CSc1ccc2c(C(=O)O)cc(-c3cccnc3)nc2c1. The van der Waals surface area contributed by atoms with Crippen LogP contribution in [0.3, 0.4) is 0 Å². The van der Waals surface area contributed by atoms with Crippen LogP contribution >= 0.6 is 11.8 Å². The largest absolute Gasteiger partial charge is 0.478 e. The highest BCUT2D eigenvalue weighted by Gasteiger charge is 2.13. The highest BCUT2D eigenvalue weighted by atomic mass is 32.2. The van der Waals surface area contributed by atoms with E-state index in [-0.39, 0.29) is 5.56 Å². The van der Waals surface area contributed by atoms with E-state index < -0.39 is 5.97 Å². The summed E-state index contributed by atoms with van der Waals surface area (Å²) >= 11 is 1.60. The highest BCUT2D eigenvalue weighted by Crippen LogP contribution is 2.27. The zero-order chi connectivity index (χ0) is 14.8. The van der Waals surface area contributed by atoms with Crippen LogP contribution in [0.5, 0.6) is 0 Å². The van der Waals surface area contributed by atoms with Gasteiger partial charge in [0.05, 0.1) is 16.8 Å². The summed E-state index contributed by atoms with van der Waals surface area (Å²) in [5.41, 5.74) is 2.36. The first-order valence-electron chi connectivity index (χ1n) is 6.31. The summed E-state index contributed by atoms with van der Waals surface area (Å²) in [6.45, 7) is 0. The number of pyridine rings is 2. The molecule has 0 aliphatic heterocycles. The molecule has 2 heterocycles. The third-order valence-electron chi connectivity index (χ3n) is 3.20. The minimum absolute atomic E-state index is 0.256. The van der Waals surface area contributed by atoms with E-state index in [4.69, 9.17) is 0 Å². The number of carbonyl (C=O) groups is 1. The number of rotatable bonds is 3. The van der Waals surface area contributed by atoms with Crippen LogP contribution in [0.4, 0.5) is 0 Å². The van der Waals surface area contributed by atoms with Gasteiger partial charge in [-0.05, 0) is 36.6 Å². The molecule has 3 rings (SSSR count). The number of nitrogens with zero attached hydrogens (tertiary/aromatic N) is 2. The van der Waals surface area contributed by atoms with Gasteiger partial charge in [-0.2, -0.15) is 0 Å². The fraction of sp³-hybridized carbons (Fsp3) is 0.0625. The Bertz CT molecular complexity index is 819. The lowest BCUT2D eigenvalue weighted by atomic mass is 10.1. The monoisotopic (exact) mass is 296 g/mol. The topological polar surface area (TPSA) is 63.1 Å². The molecule has 0 saturated heterocycles. The van der Waals surface area contributed by atoms with E-state index in [1.54, 1.807) is 36.3 Å². The van der Waals surface area contributed by atoms with Gasteiger partial charge in [0.2, 0.25) is 0 Å². The maximum Gasteiger partial charge on any atom is 0.336 e. The van der Waals surface area contributed by atoms with Gasteiger partial charge in [0.25, 0.3) is 0 Å². The van der Waals surface area contributed by atoms with Crippen LogP contribution in [0.1, 0.15) is 10.4 Å². The van der Waals surface area contributed by atoms with Gasteiger partial charge >= 0.3 is 5.97 Å². The normalized spacial score (nSPS) is 10.7. The summed E-state index contributed by atoms with van der Waals surface area (Å²) in [5, 5.41) is 10.1. The summed E-state index contributed by atoms with van der Waals surface area (Å²) in [7, 11) is 0. The number of aromatic carboxylic acids is 1. The Labute approximate surface area is 125 Å². The molecule has 0 atom stereocenters. The molecule has 0 spiro atoms. The third-order valence-corrected chi connectivity index (χ3v) is 3.93. The predicted molar refractivity (Wildman–Crippen MR) is 83.7 cm³/mol. The molecular weight excluding hydrogens is 284 g/mol. The molecule has 3 aromatic rings. The Morgan fingerprint density at radius 3 is 2.76 bits per heavy atom. The molecule has 4 nitrogen and oxygen atoms in total. The lowest BCUT2D eigenvalue weighted by Gasteiger charge is -2.08. The van der Waals surface area contributed by atoms with Crippen molar-refractivity contribution in [1.82, 2.24) is 9.97 Å². The van der Waals surface area contributed by atoms with E-state index in [9.17, 15) is 9.90 Å². The van der Waals surface area contributed by atoms with Crippen LogP contribution in [0.2, 0.25) is 0 Å². The average molecular weight is 296 g/mol. The van der Waals surface area contributed by atoms with Gasteiger partial charge in [-0.1, -0.05) is 6.07 Å². The first kappa shape index (κ1) is 13.6. The fourth-order valence-electron chi connectivity index (χ4n) is 2.17. The molecule has 5 heteroatoms. The quantitative estimate of drug-likeness (QED) is 0.746. The van der Waals surface area contributed by atoms with Crippen LogP contribution in [-0.2, 0) is 0 Å². The van der Waals surface area contributed by atoms with Crippen molar-refractivity contribution in [2.24, 2.45) is 0 Å². The van der Waals surface area contributed by atoms with Gasteiger partial charge < -0.3 is 5.11 Å². The Hall–Kier alpha value is -2.40. The average Bonchev–Trinajstić information content (AvgIpc) is 2.53. The van der Waals surface area contributed by atoms with E-state index in [2.05, 4.69) is 9.97 Å². The van der Waals surface area contributed by atoms with Gasteiger partial charge in [-0.3, -0.25) is 4.98 Å². The number of carboxylic acid groups (broad SMARTS) is 1. The van der Waals surface area contributed by atoms with E-state index in [0.717, 1.165) is 10.5 Å². The van der Waals surface area contributed by atoms with Crippen LogP contribution in [0, 0.1) is 0 Å². The fourth-order valence-corrected chi connectivity index (χ4v) is 2.61. The third kappa shape index (κ3) is 2.60. The van der Waals surface area contributed by atoms with Crippen molar-refractivity contribution in [3.63, 3.8) is 0 Å². The first-order valence-corrected chi connectivity index (χ1v) is 7.54. The molecule has 0 fully saturated rings. The summed E-state index contributed by atoms with van der Waals surface area (Å²) in [5.74, 6) is -0.954. The lowest BCUT2D eigenvalue weighted by molar-refractivity contribution is 0.0699. The molecule has 0 aliphatic carbocycles. The van der Waals surface area contributed by atoms with E-state index in [1.165, 1.54) is 0 Å². The van der Waals surface area contributed by atoms with Crippen molar-refractivity contribution in [1.29, 1.82) is 0 Å². The molecule has 104 valence electrons. The molecule has 2 aromatic heterocycles. The number of hydrogen-bond acceptors (Lipinski definition) is 4. The van der Waals surface area contributed by atoms with Gasteiger partial charge in [-0.15, -0.1) is 11.8 Å². The van der Waals surface area contributed by atoms with Crippen molar-refractivity contribution >= 4 is 28.6 Å². The van der Waals surface area contributed by atoms with Gasteiger partial charge in [0.1, 0.15) is 0 Å². The highest BCUT2D eigenvalue weighted by molar-refractivity contribution is 7.98. The molecule has 0 bridgehead atoms. The van der Waals surface area contributed by atoms with Gasteiger partial charge in [0.15, 0.2) is 0 Å². The maximum absolute atomic E-state index is 11.5. The van der Waals surface area contributed by atoms with Crippen LogP contribution in [0.25, 0.3) is 22.2 Å². The van der Waals surface area contributed by atoms with Crippen LogP contribution in [0.15, 0.2) is 53.7 Å². The van der Waals surface area contributed by atoms with Gasteiger partial charge in [-0.25, -0.2) is 9.78 Å². The van der Waals surface area contributed by atoms with Gasteiger partial charge in [0, 0.05) is 28.2 Å². The Balaban J connectivity index is 2.30. The molecule has 0 amide bonds. The summed E-state index contributed by atoms with van der Waals surface area (Å²) < 4.78 is 0. The number of aromatic nitrogens is 2. The second-order valence-electron chi connectivity index (χ2n) is 4.48. The minimum atomic E-state index is -0.954. The summed E-state index contributed by atoms with van der Waals surface area (Å²) in [4.78, 5) is 21.2. The standard InChI is InChI=1S/C16H12N2O2S/c1-21-11-4-5-12-13(16(19)20)8-14(18-15(12)7-11)10-3-2-6-17-9-10/h2-9H,1H3,(H,19,20). The molecule has 1 aromatic carbocycles. The smallest absolute Gasteiger partial charge is 0.336 e. The molecule has 21 heavy (non-hydrogen) atoms. The summed E-state index contributed by atoms with van der Waals surface area (Å²) in [6.07, 6.45) is 5.33. The Kier molecular flexibility index (Phi) is 3.58. The van der Waals surface area contributed by atoms with E-state index in [1.807, 2.05) is 30.5 Å². The van der Waals surface area contributed by atoms with Crippen molar-refractivity contribution in [3.05, 3.63) is 54.4 Å². The van der Waals surface area contributed by atoms with Crippen LogP contribution < -0.4 is 0 Å². The number of thioether (sulfide) groups is 1. The number of benzene rings is 1. The second-order valence-corrected chi connectivity index (χ2v) is 5.36. The van der Waals surface area contributed by atoms with Crippen LogP contribution in [-0.4, -0.2) is 27.3 Å². The lowest BCUT2D eigenvalue weighted by Crippen LogP contribution is -2.00. The zero-order valence-corrected chi connectivity index (χ0v) is 12.1. The molecular formula is C16H12N2O2S. The van der Waals surface area contributed by atoms with Crippen molar-refractivity contribution < 1.29 is 9.90 Å². The first-order chi connectivity index (χ1) is 10.2. The number of fused-ring (bicyclic) bond motifs is 1. The molecule has 1 N–H and O–H groups in total. The Morgan fingerprint density at radius 1 is 1.24 bits per heavy atom. The molecule has 0 radical (unpaired) electrons. The second kappa shape index (κ2) is 5.54. The maximum atomic E-state index is 11.5. The van der Waals surface area contributed by atoms with Crippen molar-refractivity contribution in [3.8, 4) is 11.3 Å². The predicted octanol–water partition coefficient (Wildman–Crippen LogP) is 3.72.